The largest absolute Gasteiger partial charge is 0.302 e. The summed E-state index contributed by atoms with van der Waals surface area (Å²) in [5, 5.41) is 8.25. The van der Waals surface area contributed by atoms with E-state index in [0.717, 1.165) is 24.8 Å². The molecule has 1 fully saturated rings. The van der Waals surface area contributed by atoms with Crippen molar-refractivity contribution in [3.63, 3.8) is 0 Å². The zero-order valence-corrected chi connectivity index (χ0v) is 17.4. The van der Waals surface area contributed by atoms with Crippen LogP contribution >= 0.6 is 0 Å². The Labute approximate surface area is 175 Å². The van der Waals surface area contributed by atoms with Crippen molar-refractivity contribution in [1.82, 2.24) is 14.5 Å². The number of halogens is 1. The summed E-state index contributed by atoms with van der Waals surface area (Å²) < 4.78 is 38.5. The maximum atomic E-state index is 13.0. The third kappa shape index (κ3) is 4.40. The number of benzene rings is 1. The second-order valence-corrected chi connectivity index (χ2v) is 9.31. The lowest BCUT2D eigenvalue weighted by molar-refractivity contribution is 0.261. The molecule has 4 rings (SSSR count). The fraction of sp³-hybridized carbons (Fsp3) is 0.273. The summed E-state index contributed by atoms with van der Waals surface area (Å²) in [5.41, 5.74) is 2.01. The molecule has 156 valence electrons. The summed E-state index contributed by atoms with van der Waals surface area (Å²) in [7, 11) is -3.25. The van der Waals surface area contributed by atoms with Gasteiger partial charge in [0.25, 0.3) is 0 Å². The van der Waals surface area contributed by atoms with E-state index in [1.807, 2.05) is 6.92 Å². The van der Waals surface area contributed by atoms with E-state index in [-0.39, 0.29) is 11.9 Å². The van der Waals surface area contributed by atoms with Gasteiger partial charge in [-0.05, 0) is 80.5 Å². The molecule has 2 atom stereocenters. The van der Waals surface area contributed by atoms with Gasteiger partial charge in [0.2, 0.25) is 0 Å². The van der Waals surface area contributed by atoms with Gasteiger partial charge in [0.1, 0.15) is 5.82 Å². The smallest absolute Gasteiger partial charge is 0.175 e. The molecule has 8 heteroatoms. The van der Waals surface area contributed by atoms with Crippen LogP contribution in [0.25, 0.3) is 11.3 Å². The number of rotatable bonds is 3. The number of nitrogens with zero attached hydrogens (tertiary/aromatic N) is 4. The zero-order chi connectivity index (χ0) is 21.1. The molecule has 2 aromatic rings. The normalized spacial score (nSPS) is 21.5. The van der Waals surface area contributed by atoms with Gasteiger partial charge in [0.15, 0.2) is 15.8 Å². The topological polar surface area (TPSA) is 78.7 Å². The summed E-state index contributed by atoms with van der Waals surface area (Å²) in [6.07, 6.45) is 9.64. The zero-order valence-electron chi connectivity index (χ0n) is 16.6. The molecule has 0 spiro atoms. The van der Waals surface area contributed by atoms with Crippen LogP contribution in [0.1, 0.15) is 26.2 Å². The maximum absolute atomic E-state index is 13.0. The second-order valence-electron chi connectivity index (χ2n) is 7.37. The number of aromatic nitrogens is 2. The van der Waals surface area contributed by atoms with Crippen LogP contribution in [0.3, 0.4) is 0 Å². The van der Waals surface area contributed by atoms with Crippen LogP contribution in [0.4, 0.5) is 10.2 Å². The van der Waals surface area contributed by atoms with E-state index in [4.69, 9.17) is 0 Å². The quantitative estimate of drug-likeness (QED) is 0.746. The number of aliphatic imine (C=N–C) groups is 1. The van der Waals surface area contributed by atoms with Crippen molar-refractivity contribution in [2.45, 2.75) is 32.2 Å². The molecule has 0 radical (unpaired) electrons. The van der Waals surface area contributed by atoms with E-state index in [2.05, 4.69) is 15.2 Å². The number of piperidine rings is 1. The van der Waals surface area contributed by atoms with Crippen molar-refractivity contribution in [2.24, 2.45) is 4.99 Å². The fourth-order valence-corrected chi connectivity index (χ4v) is 5.30. The van der Waals surface area contributed by atoms with Crippen molar-refractivity contribution in [1.29, 1.82) is 0 Å². The molecule has 6 nitrogen and oxygen atoms in total. The van der Waals surface area contributed by atoms with Gasteiger partial charge in [-0.15, -0.1) is 10.2 Å². The van der Waals surface area contributed by atoms with Crippen LogP contribution in [0.5, 0.6) is 0 Å². The van der Waals surface area contributed by atoms with Gasteiger partial charge < -0.3 is 4.55 Å². The molecular formula is C22H23FN4O2S. The van der Waals surface area contributed by atoms with Crippen molar-refractivity contribution in [3.8, 4) is 11.3 Å². The lowest BCUT2D eigenvalue weighted by Crippen LogP contribution is -2.43. The van der Waals surface area contributed by atoms with Gasteiger partial charge in [-0.25, -0.2) is 17.9 Å². The third-order valence-electron chi connectivity index (χ3n) is 5.24. The van der Waals surface area contributed by atoms with E-state index in [1.54, 1.807) is 52.9 Å². The van der Waals surface area contributed by atoms with E-state index >= 15 is 0 Å². The van der Waals surface area contributed by atoms with Gasteiger partial charge in [0.05, 0.1) is 16.3 Å². The SMILES string of the molecule is C[C@H]1CCCCN1S(=O)(O)=C1C=CC(=Nc2ccc(-c3ccc(F)cc3)nn2)C=C1. The summed E-state index contributed by atoms with van der Waals surface area (Å²) in [6.45, 7) is 2.62. The van der Waals surface area contributed by atoms with Gasteiger partial charge in [-0.3, -0.25) is 0 Å². The first-order chi connectivity index (χ1) is 14.4. The monoisotopic (exact) mass is 426 g/mol. The summed E-state index contributed by atoms with van der Waals surface area (Å²) >= 11 is 0. The minimum absolute atomic E-state index is 0.0792. The molecule has 1 N–H and O–H groups in total. The molecule has 0 amide bonds. The van der Waals surface area contributed by atoms with Crippen LogP contribution < -0.4 is 0 Å². The van der Waals surface area contributed by atoms with Crippen molar-refractivity contribution >= 4 is 26.4 Å². The van der Waals surface area contributed by atoms with Crippen LogP contribution in [0.2, 0.25) is 0 Å². The van der Waals surface area contributed by atoms with Crippen LogP contribution in [0, 0.1) is 5.82 Å². The van der Waals surface area contributed by atoms with Gasteiger partial charge in [0, 0.05) is 18.2 Å². The van der Waals surface area contributed by atoms with E-state index in [9.17, 15) is 13.2 Å². The highest BCUT2D eigenvalue weighted by atomic mass is 32.2. The molecule has 1 aromatic carbocycles. The van der Waals surface area contributed by atoms with Crippen LogP contribution in [-0.4, -0.2) is 46.4 Å². The third-order valence-corrected chi connectivity index (χ3v) is 7.30. The first-order valence-electron chi connectivity index (χ1n) is 9.88. The van der Waals surface area contributed by atoms with E-state index in [0.29, 0.717) is 28.6 Å². The Morgan fingerprint density at radius 3 is 2.43 bits per heavy atom. The lowest BCUT2D eigenvalue weighted by atomic mass is 10.1. The summed E-state index contributed by atoms with van der Waals surface area (Å²) in [5.74, 6) is 0.117. The molecule has 1 unspecified atom stereocenters. The first-order valence-corrected chi connectivity index (χ1v) is 11.4. The summed E-state index contributed by atoms with van der Waals surface area (Å²) in [6, 6.07) is 9.61. The van der Waals surface area contributed by atoms with Crippen molar-refractivity contribution in [2.75, 3.05) is 6.54 Å². The molecule has 1 aromatic heterocycles. The minimum atomic E-state index is -3.25. The summed E-state index contributed by atoms with van der Waals surface area (Å²) in [4.78, 5) is 4.80. The van der Waals surface area contributed by atoms with Crippen LogP contribution in [-0.2, 0) is 9.99 Å². The Kier molecular flexibility index (Phi) is 5.90. The first kappa shape index (κ1) is 20.6. The molecule has 1 aliphatic heterocycles. The highest BCUT2D eigenvalue weighted by molar-refractivity contribution is 7.95. The standard InChI is InChI=1S/C22H23FN4O2S/c1-16-4-2-3-15-27(16)30(28,29)20-11-9-19(10-12-20)24-22-14-13-21(25-26-22)17-5-7-18(23)8-6-17/h5-14,16H,2-4,15H2,1H3,(H,28,29)/t16-/m0/s1. The Hall–Kier alpha value is -2.68. The van der Waals surface area contributed by atoms with Gasteiger partial charge in [-0.2, -0.15) is 0 Å². The van der Waals surface area contributed by atoms with Crippen molar-refractivity contribution < 1.29 is 13.2 Å². The maximum Gasteiger partial charge on any atom is 0.175 e. The predicted octanol–water partition coefficient (Wildman–Crippen LogP) is 4.20. The Bertz CT molecular complexity index is 1110. The highest BCUT2D eigenvalue weighted by Gasteiger charge is 2.27. The fourth-order valence-electron chi connectivity index (χ4n) is 3.56. The number of allylic oxidation sites excluding steroid dienone is 4. The molecule has 2 aliphatic rings. The molecule has 0 bridgehead atoms. The van der Waals surface area contributed by atoms with Gasteiger partial charge >= 0.3 is 0 Å². The Morgan fingerprint density at radius 2 is 1.80 bits per heavy atom. The highest BCUT2D eigenvalue weighted by Crippen LogP contribution is 2.22. The number of hydrogen-bond acceptors (Lipinski definition) is 4. The average molecular weight is 427 g/mol. The second kappa shape index (κ2) is 8.59. The van der Waals surface area contributed by atoms with Gasteiger partial charge in [-0.1, -0.05) is 6.42 Å². The van der Waals surface area contributed by atoms with Crippen molar-refractivity contribution in [3.05, 3.63) is 66.5 Å². The van der Waals surface area contributed by atoms with Crippen LogP contribution in [0.15, 0.2) is 65.7 Å². The molecule has 1 saturated heterocycles. The molecule has 0 saturated carbocycles. The number of hydrogen-bond donors (Lipinski definition) is 1. The average Bonchev–Trinajstić information content (AvgIpc) is 2.75. The lowest BCUT2D eigenvalue weighted by Gasteiger charge is -2.34. The Morgan fingerprint density at radius 1 is 1.07 bits per heavy atom. The minimum Gasteiger partial charge on any atom is -0.302 e. The molecule has 30 heavy (non-hydrogen) atoms. The molecule has 2 heterocycles. The molecular weight excluding hydrogens is 403 g/mol. The van der Waals surface area contributed by atoms with E-state index in [1.165, 1.54) is 12.1 Å². The van der Waals surface area contributed by atoms with E-state index < -0.39 is 9.99 Å². The predicted molar refractivity (Wildman–Crippen MR) is 119 cm³/mol. The Balaban J connectivity index is 1.52. The molecule has 1 aliphatic carbocycles.